The van der Waals surface area contributed by atoms with Crippen molar-refractivity contribution in [2.45, 2.75) is 26.3 Å². The van der Waals surface area contributed by atoms with Gasteiger partial charge in [0.05, 0.1) is 11.2 Å². The van der Waals surface area contributed by atoms with E-state index in [0.29, 0.717) is 5.82 Å². The van der Waals surface area contributed by atoms with Crippen LogP contribution in [0.3, 0.4) is 0 Å². The number of aryl methyl sites for hydroxylation is 1. The number of benzene rings is 1. The first-order chi connectivity index (χ1) is 7.48. The molecular weight excluding hydrogens is 202 g/mol. The Morgan fingerprint density at radius 2 is 1.81 bits per heavy atom. The summed E-state index contributed by atoms with van der Waals surface area (Å²) in [6, 6.07) is 7.98. The number of aromatic nitrogens is 4. The Morgan fingerprint density at radius 3 is 2.38 bits per heavy atom. The van der Waals surface area contributed by atoms with E-state index in [0.717, 1.165) is 5.69 Å². The zero-order valence-electron chi connectivity index (χ0n) is 9.68. The Balaban J connectivity index is 2.49. The minimum Gasteiger partial charge on any atom is -0.319 e. The lowest BCUT2D eigenvalue weighted by atomic mass is 10.1. The highest BCUT2D eigenvalue weighted by Crippen LogP contribution is 2.17. The first-order valence-electron chi connectivity index (χ1n) is 5.13. The quantitative estimate of drug-likeness (QED) is 0.819. The fraction of sp³-hybridized carbons (Fsp3) is 0.364. The second-order valence-electron chi connectivity index (χ2n) is 4.47. The van der Waals surface area contributed by atoms with Crippen molar-refractivity contribution in [2.24, 2.45) is 5.73 Å². The lowest BCUT2D eigenvalue weighted by Gasteiger charge is -2.17. The Kier molecular flexibility index (Phi) is 2.47. The Morgan fingerprint density at radius 1 is 1.19 bits per heavy atom. The lowest BCUT2D eigenvalue weighted by molar-refractivity contribution is 0.497. The SMILES string of the molecule is Cc1ccc(-n2nnnc2C(C)(C)N)cc1. The van der Waals surface area contributed by atoms with Crippen LogP contribution in [0.25, 0.3) is 5.69 Å². The molecule has 0 radical (unpaired) electrons. The van der Waals surface area contributed by atoms with Crippen LogP contribution in [0.15, 0.2) is 24.3 Å². The molecule has 2 aromatic rings. The van der Waals surface area contributed by atoms with Crippen LogP contribution in [0.2, 0.25) is 0 Å². The van der Waals surface area contributed by atoms with Gasteiger partial charge in [-0.25, -0.2) is 0 Å². The van der Waals surface area contributed by atoms with Crippen LogP contribution in [0.1, 0.15) is 25.2 Å². The minimum absolute atomic E-state index is 0.561. The van der Waals surface area contributed by atoms with Crippen molar-refractivity contribution in [1.82, 2.24) is 20.2 Å². The van der Waals surface area contributed by atoms with E-state index >= 15 is 0 Å². The predicted octanol–water partition coefficient (Wildman–Crippen LogP) is 1.16. The molecular formula is C11H15N5. The van der Waals surface area contributed by atoms with Crippen LogP contribution in [0, 0.1) is 6.92 Å². The Hall–Kier alpha value is -1.75. The molecule has 1 heterocycles. The average molecular weight is 217 g/mol. The number of hydrogen-bond acceptors (Lipinski definition) is 4. The number of nitrogens with zero attached hydrogens (tertiary/aromatic N) is 4. The van der Waals surface area contributed by atoms with E-state index in [-0.39, 0.29) is 0 Å². The highest BCUT2D eigenvalue weighted by molar-refractivity contribution is 5.34. The maximum absolute atomic E-state index is 6.01. The molecule has 5 nitrogen and oxygen atoms in total. The molecule has 0 aliphatic rings. The molecule has 5 heteroatoms. The van der Waals surface area contributed by atoms with Crippen LogP contribution < -0.4 is 5.73 Å². The molecule has 0 spiro atoms. The summed E-state index contributed by atoms with van der Waals surface area (Å²) in [5.41, 5.74) is 7.56. The summed E-state index contributed by atoms with van der Waals surface area (Å²) in [5, 5.41) is 11.6. The summed E-state index contributed by atoms with van der Waals surface area (Å²) in [7, 11) is 0. The highest BCUT2D eigenvalue weighted by Gasteiger charge is 2.23. The molecule has 0 saturated heterocycles. The summed E-state index contributed by atoms with van der Waals surface area (Å²) in [4.78, 5) is 0. The van der Waals surface area contributed by atoms with Crippen LogP contribution in [-0.2, 0) is 5.54 Å². The van der Waals surface area contributed by atoms with Gasteiger partial charge in [0.2, 0.25) is 0 Å². The molecule has 0 amide bonds. The monoisotopic (exact) mass is 217 g/mol. The molecule has 1 aromatic carbocycles. The lowest BCUT2D eigenvalue weighted by Crippen LogP contribution is -2.32. The topological polar surface area (TPSA) is 69.6 Å². The normalized spacial score (nSPS) is 11.8. The Bertz CT molecular complexity index is 478. The summed E-state index contributed by atoms with van der Waals surface area (Å²) >= 11 is 0. The van der Waals surface area contributed by atoms with Crippen molar-refractivity contribution in [3.8, 4) is 5.69 Å². The molecule has 84 valence electrons. The van der Waals surface area contributed by atoms with Gasteiger partial charge in [0.15, 0.2) is 5.82 Å². The molecule has 2 rings (SSSR count). The van der Waals surface area contributed by atoms with Gasteiger partial charge in [0.25, 0.3) is 0 Å². The molecule has 2 N–H and O–H groups in total. The van der Waals surface area contributed by atoms with E-state index in [1.165, 1.54) is 5.56 Å². The molecule has 0 bridgehead atoms. The largest absolute Gasteiger partial charge is 0.319 e. The fourth-order valence-electron chi connectivity index (χ4n) is 1.45. The first-order valence-corrected chi connectivity index (χ1v) is 5.13. The van der Waals surface area contributed by atoms with Crippen molar-refractivity contribution in [3.05, 3.63) is 35.7 Å². The van der Waals surface area contributed by atoms with Crippen molar-refractivity contribution in [2.75, 3.05) is 0 Å². The third-order valence-electron chi connectivity index (χ3n) is 2.32. The van der Waals surface area contributed by atoms with Crippen molar-refractivity contribution in [1.29, 1.82) is 0 Å². The van der Waals surface area contributed by atoms with Crippen LogP contribution in [0.5, 0.6) is 0 Å². The number of hydrogen-bond donors (Lipinski definition) is 1. The van der Waals surface area contributed by atoms with Gasteiger partial charge in [-0.3, -0.25) is 0 Å². The molecule has 1 aromatic heterocycles. The van der Waals surface area contributed by atoms with Gasteiger partial charge < -0.3 is 5.73 Å². The van der Waals surface area contributed by atoms with Crippen molar-refractivity contribution >= 4 is 0 Å². The maximum Gasteiger partial charge on any atom is 0.175 e. The van der Waals surface area contributed by atoms with Crippen LogP contribution >= 0.6 is 0 Å². The van der Waals surface area contributed by atoms with E-state index < -0.39 is 5.54 Å². The molecule has 0 atom stereocenters. The third-order valence-corrected chi connectivity index (χ3v) is 2.32. The minimum atomic E-state index is -0.561. The van der Waals surface area contributed by atoms with Gasteiger partial charge in [0, 0.05) is 0 Å². The van der Waals surface area contributed by atoms with Gasteiger partial charge >= 0.3 is 0 Å². The van der Waals surface area contributed by atoms with E-state index in [2.05, 4.69) is 15.5 Å². The second-order valence-corrected chi connectivity index (χ2v) is 4.47. The molecule has 16 heavy (non-hydrogen) atoms. The average Bonchev–Trinajstić information content (AvgIpc) is 2.66. The van der Waals surface area contributed by atoms with E-state index in [1.807, 2.05) is 45.0 Å². The van der Waals surface area contributed by atoms with Gasteiger partial charge in [-0.1, -0.05) is 17.7 Å². The summed E-state index contributed by atoms with van der Waals surface area (Å²) in [6.45, 7) is 5.80. The molecule has 0 aliphatic carbocycles. The summed E-state index contributed by atoms with van der Waals surface area (Å²) in [6.07, 6.45) is 0. The van der Waals surface area contributed by atoms with Crippen LogP contribution in [0.4, 0.5) is 0 Å². The molecule has 0 aliphatic heterocycles. The van der Waals surface area contributed by atoms with Gasteiger partial charge in [0.1, 0.15) is 0 Å². The maximum atomic E-state index is 6.01. The van der Waals surface area contributed by atoms with E-state index in [1.54, 1.807) is 4.68 Å². The summed E-state index contributed by atoms with van der Waals surface area (Å²) in [5.74, 6) is 0.649. The number of tetrazole rings is 1. The summed E-state index contributed by atoms with van der Waals surface area (Å²) < 4.78 is 1.67. The van der Waals surface area contributed by atoms with E-state index in [4.69, 9.17) is 5.73 Å². The number of rotatable bonds is 2. The first kappa shape index (κ1) is 10.8. The van der Waals surface area contributed by atoms with Crippen molar-refractivity contribution < 1.29 is 0 Å². The fourth-order valence-corrected chi connectivity index (χ4v) is 1.45. The third kappa shape index (κ3) is 1.94. The molecule has 0 saturated carbocycles. The van der Waals surface area contributed by atoms with Gasteiger partial charge in [-0.2, -0.15) is 4.68 Å². The van der Waals surface area contributed by atoms with Crippen molar-refractivity contribution in [3.63, 3.8) is 0 Å². The zero-order chi connectivity index (χ0) is 11.8. The predicted molar refractivity (Wildman–Crippen MR) is 61.1 cm³/mol. The van der Waals surface area contributed by atoms with E-state index in [9.17, 15) is 0 Å². The zero-order valence-corrected chi connectivity index (χ0v) is 9.68. The number of nitrogens with two attached hydrogens (primary N) is 1. The van der Waals surface area contributed by atoms with Gasteiger partial charge in [-0.05, 0) is 43.3 Å². The highest BCUT2D eigenvalue weighted by atomic mass is 15.5. The van der Waals surface area contributed by atoms with Crippen LogP contribution in [-0.4, -0.2) is 20.2 Å². The molecule has 0 unspecified atom stereocenters. The second kappa shape index (κ2) is 3.68. The Labute approximate surface area is 94.3 Å². The molecule has 0 fully saturated rings. The van der Waals surface area contributed by atoms with Gasteiger partial charge in [-0.15, -0.1) is 5.10 Å². The standard InChI is InChI=1S/C11H15N5/c1-8-4-6-9(7-5-8)16-10(11(2,3)12)13-14-15-16/h4-7H,12H2,1-3H3. The smallest absolute Gasteiger partial charge is 0.175 e.